The molecule has 0 radical (unpaired) electrons. The minimum Gasteiger partial charge on any atom is -1.00 e. The van der Waals surface area contributed by atoms with E-state index in [1.165, 1.54) is 0 Å². The van der Waals surface area contributed by atoms with E-state index in [4.69, 9.17) is 5.26 Å². The van der Waals surface area contributed by atoms with Crippen molar-refractivity contribution in [2.24, 2.45) is 0 Å². The first-order valence-electron chi connectivity index (χ1n) is 2.38. The van der Waals surface area contributed by atoms with Gasteiger partial charge in [-0.25, -0.2) is 0 Å². The van der Waals surface area contributed by atoms with Gasteiger partial charge in [-0.1, -0.05) is 18.2 Å². The van der Waals surface area contributed by atoms with Crippen molar-refractivity contribution < 1.29 is 12.4 Å². The predicted octanol–water partition coefficient (Wildman–Crippen LogP) is -1.44. The van der Waals surface area contributed by atoms with Crippen molar-refractivity contribution in [1.82, 2.24) is 0 Å². The van der Waals surface area contributed by atoms with Crippen LogP contribution >= 0.6 is 0 Å². The van der Waals surface area contributed by atoms with Gasteiger partial charge in [-0.3, -0.25) is 0 Å². The van der Waals surface area contributed by atoms with Crippen molar-refractivity contribution >= 4 is 0 Å². The van der Waals surface area contributed by atoms with Gasteiger partial charge in [0.15, 0.2) is 0 Å². The first kappa shape index (κ1) is 8.00. The maximum Gasteiger partial charge on any atom is 0.0991 e. The minimum atomic E-state index is 0. The van der Waals surface area contributed by atoms with Crippen molar-refractivity contribution in [3.05, 3.63) is 35.9 Å². The molecular weight excluding hydrogens is 134 g/mol. The average molecular weight is 139 g/mol. The molecule has 9 heavy (non-hydrogen) atoms. The summed E-state index contributed by atoms with van der Waals surface area (Å²) in [5.74, 6) is 0. The van der Waals surface area contributed by atoms with E-state index in [1.807, 2.05) is 24.3 Å². The number of benzene rings is 1. The van der Waals surface area contributed by atoms with Crippen molar-refractivity contribution in [3.63, 3.8) is 0 Å². The van der Waals surface area contributed by atoms with Crippen LogP contribution in [0.4, 0.5) is 0 Å². The Morgan fingerprint density at radius 1 is 1.11 bits per heavy atom. The van der Waals surface area contributed by atoms with Crippen LogP contribution in [0, 0.1) is 11.3 Å². The number of rotatable bonds is 0. The second-order valence-corrected chi connectivity index (χ2v) is 1.48. The van der Waals surface area contributed by atoms with Crippen LogP contribution in [0.5, 0.6) is 0 Å². The molecule has 1 aromatic rings. The van der Waals surface area contributed by atoms with E-state index in [1.54, 1.807) is 12.1 Å². The van der Waals surface area contributed by atoms with Crippen molar-refractivity contribution in [2.75, 3.05) is 0 Å². The molecule has 0 saturated heterocycles. The molecule has 0 unspecified atom stereocenters. The molecular formula is C7H5ClN-. The maximum atomic E-state index is 8.29. The Bertz CT molecular complexity index is 200. The van der Waals surface area contributed by atoms with Gasteiger partial charge in [0.1, 0.15) is 0 Å². The molecule has 0 heterocycles. The molecule has 2 heteroatoms. The molecule has 0 atom stereocenters. The summed E-state index contributed by atoms with van der Waals surface area (Å²) >= 11 is 0. The van der Waals surface area contributed by atoms with Crippen LogP contribution in [0.15, 0.2) is 30.3 Å². The fourth-order valence-corrected chi connectivity index (χ4v) is 0.513. The molecule has 1 nitrogen and oxygen atoms in total. The Labute approximate surface area is 60.3 Å². The molecule has 1 rings (SSSR count). The van der Waals surface area contributed by atoms with Gasteiger partial charge in [-0.05, 0) is 12.1 Å². The fourth-order valence-electron chi connectivity index (χ4n) is 0.513. The molecule has 0 aromatic heterocycles. The molecule has 0 saturated carbocycles. The summed E-state index contributed by atoms with van der Waals surface area (Å²) in [4.78, 5) is 0. The van der Waals surface area contributed by atoms with Gasteiger partial charge in [0.2, 0.25) is 0 Å². The second-order valence-electron chi connectivity index (χ2n) is 1.48. The second kappa shape index (κ2) is 3.94. The zero-order valence-electron chi connectivity index (χ0n) is 4.71. The highest BCUT2D eigenvalue weighted by atomic mass is 35.5. The van der Waals surface area contributed by atoms with E-state index in [2.05, 4.69) is 0 Å². The Kier molecular flexibility index (Phi) is 3.50. The zero-order chi connectivity index (χ0) is 5.82. The predicted molar refractivity (Wildman–Crippen MR) is 31.2 cm³/mol. The number of nitriles is 1. The molecule has 46 valence electrons. The molecule has 0 amide bonds. The SMILES string of the molecule is N#Cc1ccccc1.[Cl-]. The zero-order valence-corrected chi connectivity index (χ0v) is 5.47. The van der Waals surface area contributed by atoms with Crippen molar-refractivity contribution in [2.45, 2.75) is 0 Å². The van der Waals surface area contributed by atoms with Gasteiger partial charge < -0.3 is 12.4 Å². The third-order valence-electron chi connectivity index (χ3n) is 0.903. The summed E-state index contributed by atoms with van der Waals surface area (Å²) in [6, 6.07) is 11.2. The summed E-state index contributed by atoms with van der Waals surface area (Å²) in [6.07, 6.45) is 0. The summed E-state index contributed by atoms with van der Waals surface area (Å²) in [5.41, 5.74) is 0.715. The van der Waals surface area contributed by atoms with Crippen LogP contribution in [0.25, 0.3) is 0 Å². The highest BCUT2D eigenvalue weighted by molar-refractivity contribution is 5.27. The summed E-state index contributed by atoms with van der Waals surface area (Å²) in [7, 11) is 0. The Morgan fingerprint density at radius 2 is 1.67 bits per heavy atom. The van der Waals surface area contributed by atoms with E-state index in [9.17, 15) is 0 Å². The third-order valence-corrected chi connectivity index (χ3v) is 0.903. The van der Waals surface area contributed by atoms with Crippen molar-refractivity contribution in [1.29, 1.82) is 5.26 Å². The quantitative estimate of drug-likeness (QED) is 0.431. The Balaban J connectivity index is 0.000000640. The number of nitrogens with zero attached hydrogens (tertiary/aromatic N) is 1. The van der Waals surface area contributed by atoms with E-state index < -0.39 is 0 Å². The normalized spacial score (nSPS) is 7.00. The van der Waals surface area contributed by atoms with Crippen LogP contribution in [0.1, 0.15) is 5.56 Å². The first-order valence-corrected chi connectivity index (χ1v) is 2.38. The third kappa shape index (κ3) is 2.16. The van der Waals surface area contributed by atoms with Crippen LogP contribution in [0.3, 0.4) is 0 Å². The van der Waals surface area contributed by atoms with Gasteiger partial charge in [0.05, 0.1) is 11.6 Å². The highest BCUT2D eigenvalue weighted by Crippen LogP contribution is 1.92. The smallest absolute Gasteiger partial charge is 0.0991 e. The van der Waals surface area contributed by atoms with Crippen molar-refractivity contribution in [3.8, 4) is 6.07 Å². The highest BCUT2D eigenvalue weighted by Gasteiger charge is 1.79. The van der Waals surface area contributed by atoms with E-state index >= 15 is 0 Å². The topological polar surface area (TPSA) is 23.8 Å². The van der Waals surface area contributed by atoms with Gasteiger partial charge in [0.25, 0.3) is 0 Å². The molecule has 0 aliphatic carbocycles. The molecule has 0 fully saturated rings. The maximum absolute atomic E-state index is 8.29. The lowest BCUT2D eigenvalue weighted by Gasteiger charge is -1.80. The number of halogens is 1. The first-order chi connectivity index (χ1) is 3.93. The molecule has 0 spiro atoms. The van der Waals surface area contributed by atoms with Crippen LogP contribution in [0.2, 0.25) is 0 Å². The van der Waals surface area contributed by atoms with Gasteiger partial charge in [-0.2, -0.15) is 5.26 Å². The average Bonchev–Trinajstić information content (AvgIpc) is 1.90. The monoisotopic (exact) mass is 138 g/mol. The lowest BCUT2D eigenvalue weighted by Crippen LogP contribution is -3.00. The Hall–Kier alpha value is -1.00. The number of hydrogen-bond acceptors (Lipinski definition) is 1. The molecule has 0 aliphatic rings. The lowest BCUT2D eigenvalue weighted by atomic mass is 10.2. The van der Waals surface area contributed by atoms with Gasteiger partial charge in [0, 0.05) is 0 Å². The molecule has 0 N–H and O–H groups in total. The van der Waals surface area contributed by atoms with E-state index in [-0.39, 0.29) is 12.4 Å². The van der Waals surface area contributed by atoms with E-state index in [0.29, 0.717) is 5.56 Å². The van der Waals surface area contributed by atoms with Gasteiger partial charge in [-0.15, -0.1) is 0 Å². The van der Waals surface area contributed by atoms with E-state index in [0.717, 1.165) is 0 Å². The Morgan fingerprint density at radius 3 is 2.00 bits per heavy atom. The molecule has 0 aliphatic heterocycles. The van der Waals surface area contributed by atoms with Gasteiger partial charge >= 0.3 is 0 Å². The van der Waals surface area contributed by atoms with Crippen LogP contribution in [-0.2, 0) is 0 Å². The lowest BCUT2D eigenvalue weighted by molar-refractivity contribution is -0.00000184. The summed E-state index contributed by atoms with van der Waals surface area (Å²) in [6.45, 7) is 0. The fraction of sp³-hybridized carbons (Fsp3) is 0. The summed E-state index contributed by atoms with van der Waals surface area (Å²) < 4.78 is 0. The van der Waals surface area contributed by atoms with Crippen LogP contribution in [-0.4, -0.2) is 0 Å². The van der Waals surface area contributed by atoms with Crippen LogP contribution < -0.4 is 12.4 Å². The standard InChI is InChI=1S/C7H5N.ClH/c8-6-7-4-2-1-3-5-7;/h1-5H;1H/p-1. The number of hydrogen-bond donors (Lipinski definition) is 0. The minimum absolute atomic E-state index is 0. The molecule has 1 aromatic carbocycles. The molecule has 0 bridgehead atoms. The largest absolute Gasteiger partial charge is 1.00 e. The summed E-state index contributed by atoms with van der Waals surface area (Å²) in [5, 5.41) is 8.29.